The van der Waals surface area contributed by atoms with Gasteiger partial charge < -0.3 is 15.0 Å². The molecule has 1 aliphatic rings. The number of hydrogen-bond acceptors (Lipinski definition) is 4. The van der Waals surface area contributed by atoms with Crippen molar-refractivity contribution in [2.45, 2.75) is 25.9 Å². The first-order chi connectivity index (χ1) is 14.0. The van der Waals surface area contributed by atoms with Gasteiger partial charge in [0.15, 0.2) is 0 Å². The van der Waals surface area contributed by atoms with Gasteiger partial charge in [0.25, 0.3) is 0 Å². The Balaban J connectivity index is 1.55. The van der Waals surface area contributed by atoms with E-state index in [-0.39, 0.29) is 30.1 Å². The topological polar surface area (TPSA) is 75.7 Å². The quantitative estimate of drug-likeness (QED) is 0.759. The standard InChI is InChI=1S/C22H23FN2O4/c1-29-22(28)17-7-5-15(6-8-17)12-24-21(27)18-9-10-20(26)25(14-18)13-16-3-2-4-19(23)11-16/h2-8,11,18H,9-10,12-14H2,1H3,(H,24,27)/t18-/m0/s1. The van der Waals surface area contributed by atoms with E-state index in [0.717, 1.165) is 5.56 Å². The van der Waals surface area contributed by atoms with Gasteiger partial charge in [0.2, 0.25) is 11.8 Å². The van der Waals surface area contributed by atoms with Crippen molar-refractivity contribution in [2.75, 3.05) is 13.7 Å². The predicted molar refractivity (Wildman–Crippen MR) is 104 cm³/mol. The molecule has 3 rings (SSSR count). The van der Waals surface area contributed by atoms with Crippen molar-refractivity contribution in [3.63, 3.8) is 0 Å². The molecule has 6 nitrogen and oxygen atoms in total. The molecule has 0 saturated carbocycles. The molecule has 1 fully saturated rings. The SMILES string of the molecule is COC(=O)c1ccc(CNC(=O)[C@H]2CCC(=O)N(Cc3cccc(F)c3)C2)cc1. The molecule has 1 heterocycles. The van der Waals surface area contributed by atoms with E-state index in [1.54, 1.807) is 41.3 Å². The molecule has 0 bridgehead atoms. The van der Waals surface area contributed by atoms with Crippen molar-refractivity contribution >= 4 is 17.8 Å². The zero-order chi connectivity index (χ0) is 20.8. The van der Waals surface area contributed by atoms with Gasteiger partial charge in [0.05, 0.1) is 18.6 Å². The number of halogens is 1. The molecule has 29 heavy (non-hydrogen) atoms. The third-order valence-corrected chi connectivity index (χ3v) is 4.98. The van der Waals surface area contributed by atoms with Crippen molar-refractivity contribution in [2.24, 2.45) is 5.92 Å². The van der Waals surface area contributed by atoms with Gasteiger partial charge in [0, 0.05) is 26.1 Å². The number of esters is 1. The molecule has 0 aromatic heterocycles. The second-order valence-electron chi connectivity index (χ2n) is 7.05. The van der Waals surface area contributed by atoms with Crippen LogP contribution in [0.25, 0.3) is 0 Å². The van der Waals surface area contributed by atoms with Crippen LogP contribution in [-0.2, 0) is 27.4 Å². The number of nitrogens with zero attached hydrogens (tertiary/aromatic N) is 1. The number of rotatable bonds is 6. The lowest BCUT2D eigenvalue weighted by Gasteiger charge is -2.32. The van der Waals surface area contributed by atoms with Crippen LogP contribution in [-0.4, -0.2) is 36.3 Å². The normalized spacial score (nSPS) is 16.4. The minimum atomic E-state index is -0.411. The number of benzene rings is 2. The minimum absolute atomic E-state index is 0.0308. The lowest BCUT2D eigenvalue weighted by molar-refractivity contribution is -0.139. The number of piperidine rings is 1. The highest BCUT2D eigenvalue weighted by Gasteiger charge is 2.30. The number of ether oxygens (including phenoxy) is 1. The lowest BCUT2D eigenvalue weighted by atomic mass is 9.96. The molecule has 1 N–H and O–H groups in total. The molecular formula is C22H23FN2O4. The van der Waals surface area contributed by atoms with E-state index in [4.69, 9.17) is 0 Å². The number of amides is 2. The van der Waals surface area contributed by atoms with Crippen molar-refractivity contribution in [3.05, 3.63) is 71.0 Å². The number of hydrogen-bond donors (Lipinski definition) is 1. The summed E-state index contributed by atoms with van der Waals surface area (Å²) in [4.78, 5) is 37.8. The number of methoxy groups -OCH3 is 1. The summed E-state index contributed by atoms with van der Waals surface area (Å²) in [6.07, 6.45) is 0.785. The van der Waals surface area contributed by atoms with Crippen LogP contribution in [0, 0.1) is 11.7 Å². The van der Waals surface area contributed by atoms with Crippen LogP contribution < -0.4 is 5.32 Å². The maximum Gasteiger partial charge on any atom is 0.337 e. The molecule has 0 aliphatic carbocycles. The molecular weight excluding hydrogens is 375 g/mol. The Morgan fingerprint density at radius 3 is 2.62 bits per heavy atom. The Hall–Kier alpha value is -3.22. The van der Waals surface area contributed by atoms with Crippen molar-refractivity contribution in [1.82, 2.24) is 10.2 Å². The van der Waals surface area contributed by atoms with Gasteiger partial charge >= 0.3 is 5.97 Å². The number of likely N-dealkylation sites (tertiary alicyclic amines) is 1. The number of carbonyl (C=O) groups is 3. The summed E-state index contributed by atoms with van der Waals surface area (Å²) >= 11 is 0. The second kappa shape index (κ2) is 9.32. The fraction of sp³-hybridized carbons (Fsp3) is 0.318. The Bertz CT molecular complexity index is 898. The highest BCUT2D eigenvalue weighted by atomic mass is 19.1. The molecule has 1 saturated heterocycles. The van der Waals surface area contributed by atoms with Crippen LogP contribution in [0.15, 0.2) is 48.5 Å². The summed E-state index contributed by atoms with van der Waals surface area (Å²) in [7, 11) is 1.32. The Morgan fingerprint density at radius 1 is 1.17 bits per heavy atom. The molecule has 1 atom stereocenters. The average Bonchev–Trinajstić information content (AvgIpc) is 2.73. The maximum absolute atomic E-state index is 13.4. The zero-order valence-corrected chi connectivity index (χ0v) is 16.2. The summed E-state index contributed by atoms with van der Waals surface area (Å²) < 4.78 is 18.0. The van der Waals surface area contributed by atoms with Crippen molar-refractivity contribution in [3.8, 4) is 0 Å². The van der Waals surface area contributed by atoms with Crippen molar-refractivity contribution in [1.29, 1.82) is 0 Å². The average molecular weight is 398 g/mol. The summed E-state index contributed by atoms with van der Waals surface area (Å²) in [5.74, 6) is -1.23. The van der Waals surface area contributed by atoms with E-state index in [9.17, 15) is 18.8 Å². The van der Waals surface area contributed by atoms with Crippen LogP contribution in [0.3, 0.4) is 0 Å². The molecule has 7 heteroatoms. The van der Waals surface area contributed by atoms with Gasteiger partial charge in [-0.25, -0.2) is 9.18 Å². The fourth-order valence-corrected chi connectivity index (χ4v) is 3.35. The number of nitrogens with one attached hydrogen (secondary N) is 1. The molecule has 2 amide bonds. The van der Waals surface area contributed by atoms with E-state index in [1.165, 1.54) is 19.2 Å². The van der Waals surface area contributed by atoms with Crippen LogP contribution in [0.4, 0.5) is 4.39 Å². The van der Waals surface area contributed by atoms with E-state index < -0.39 is 5.97 Å². The van der Waals surface area contributed by atoms with E-state index in [2.05, 4.69) is 10.1 Å². The van der Waals surface area contributed by atoms with E-state index in [0.29, 0.717) is 37.1 Å². The Morgan fingerprint density at radius 2 is 1.93 bits per heavy atom. The first-order valence-corrected chi connectivity index (χ1v) is 9.43. The minimum Gasteiger partial charge on any atom is -0.465 e. The highest BCUT2D eigenvalue weighted by Crippen LogP contribution is 2.20. The summed E-state index contributed by atoms with van der Waals surface area (Å²) in [6, 6.07) is 12.9. The van der Waals surface area contributed by atoms with Crippen LogP contribution in [0.2, 0.25) is 0 Å². The van der Waals surface area contributed by atoms with Gasteiger partial charge in [-0.15, -0.1) is 0 Å². The van der Waals surface area contributed by atoms with Gasteiger partial charge in [-0.1, -0.05) is 24.3 Å². The molecule has 152 valence electrons. The first kappa shape index (κ1) is 20.5. The lowest BCUT2D eigenvalue weighted by Crippen LogP contribution is -2.45. The smallest absolute Gasteiger partial charge is 0.337 e. The van der Waals surface area contributed by atoms with Gasteiger partial charge in [-0.05, 0) is 41.8 Å². The highest BCUT2D eigenvalue weighted by molar-refractivity contribution is 5.89. The first-order valence-electron chi connectivity index (χ1n) is 9.43. The molecule has 2 aromatic carbocycles. The molecule has 1 aliphatic heterocycles. The van der Waals surface area contributed by atoms with Crippen molar-refractivity contribution < 1.29 is 23.5 Å². The van der Waals surface area contributed by atoms with Crippen LogP contribution in [0.1, 0.15) is 34.3 Å². The Kier molecular flexibility index (Phi) is 6.59. The molecule has 0 unspecified atom stereocenters. The number of carbonyl (C=O) groups excluding carboxylic acids is 3. The molecule has 0 spiro atoms. The predicted octanol–water partition coefficient (Wildman–Crippen LogP) is 2.67. The maximum atomic E-state index is 13.4. The second-order valence-corrected chi connectivity index (χ2v) is 7.05. The monoisotopic (exact) mass is 398 g/mol. The summed E-state index contributed by atoms with van der Waals surface area (Å²) in [5.41, 5.74) is 2.00. The molecule has 0 radical (unpaired) electrons. The van der Waals surface area contributed by atoms with Gasteiger partial charge in [-0.3, -0.25) is 9.59 Å². The largest absolute Gasteiger partial charge is 0.465 e. The zero-order valence-electron chi connectivity index (χ0n) is 16.2. The summed E-state index contributed by atoms with van der Waals surface area (Å²) in [6.45, 7) is 0.923. The summed E-state index contributed by atoms with van der Waals surface area (Å²) in [5, 5.41) is 2.89. The van der Waals surface area contributed by atoms with Gasteiger partial charge in [0.1, 0.15) is 5.82 Å². The fourth-order valence-electron chi connectivity index (χ4n) is 3.35. The molecule has 2 aromatic rings. The van der Waals surface area contributed by atoms with Crippen LogP contribution in [0.5, 0.6) is 0 Å². The van der Waals surface area contributed by atoms with E-state index >= 15 is 0 Å². The van der Waals surface area contributed by atoms with Gasteiger partial charge in [-0.2, -0.15) is 0 Å². The van der Waals surface area contributed by atoms with Crippen LogP contribution >= 0.6 is 0 Å². The third-order valence-electron chi connectivity index (χ3n) is 4.98. The Labute approximate surface area is 168 Å². The third kappa shape index (κ3) is 5.40. The van der Waals surface area contributed by atoms with E-state index in [1.807, 2.05) is 0 Å².